The lowest BCUT2D eigenvalue weighted by atomic mass is 10.3. The van der Waals surface area contributed by atoms with E-state index in [1.54, 1.807) is 55.6 Å². The van der Waals surface area contributed by atoms with Gasteiger partial charge in [0, 0.05) is 24.3 Å². The van der Waals surface area contributed by atoms with E-state index in [1.165, 1.54) is 16.4 Å². The maximum atomic E-state index is 12.1. The minimum Gasteiger partial charge on any atom is -0.497 e. The lowest BCUT2D eigenvalue weighted by Crippen LogP contribution is -2.36. The van der Waals surface area contributed by atoms with E-state index in [0.29, 0.717) is 32.9 Å². The van der Waals surface area contributed by atoms with Crippen LogP contribution in [0.1, 0.15) is 6.42 Å². The summed E-state index contributed by atoms with van der Waals surface area (Å²) in [7, 11) is 1.58. The summed E-state index contributed by atoms with van der Waals surface area (Å²) in [6.45, 7) is 0. The Balaban J connectivity index is 1.63. The Labute approximate surface area is 164 Å². The minimum atomic E-state index is -0.498. The molecule has 0 radical (unpaired) electrons. The zero-order valence-corrected chi connectivity index (χ0v) is 16.0. The van der Waals surface area contributed by atoms with Gasteiger partial charge >= 0.3 is 10.7 Å². The smallest absolute Gasteiger partial charge is 0.442 e. The van der Waals surface area contributed by atoms with E-state index >= 15 is 0 Å². The van der Waals surface area contributed by atoms with E-state index in [0.717, 1.165) is 0 Å². The predicted octanol–water partition coefficient (Wildman–Crippen LogP) is 3.03. The van der Waals surface area contributed by atoms with E-state index in [1.807, 2.05) is 0 Å². The van der Waals surface area contributed by atoms with Gasteiger partial charge in [0.25, 0.3) is 0 Å². The number of thioether (sulfide) groups is 1. The summed E-state index contributed by atoms with van der Waals surface area (Å²) < 4.78 is 11.5. The van der Waals surface area contributed by atoms with E-state index in [2.05, 4.69) is 10.6 Å². The Kier molecular flexibility index (Phi) is 6.20. The molecule has 1 amide bonds. The lowest BCUT2D eigenvalue weighted by Gasteiger charge is -2.05. The summed E-state index contributed by atoms with van der Waals surface area (Å²) in [5, 5.41) is 6.14. The van der Waals surface area contributed by atoms with Gasteiger partial charge in [-0.3, -0.25) is 9.32 Å². The van der Waals surface area contributed by atoms with E-state index < -0.39 is 5.63 Å². The van der Waals surface area contributed by atoms with E-state index in [-0.39, 0.29) is 12.3 Å². The molecule has 0 saturated carbocycles. The number of benzene rings is 2. The molecule has 140 valence electrons. The molecule has 0 aliphatic rings. The maximum absolute atomic E-state index is 12.1. The molecule has 0 unspecified atom stereocenters. The zero-order chi connectivity index (χ0) is 19.2. The number of carbonyl (C=O) groups excluding carboxylic acids is 1. The monoisotopic (exact) mass is 406 g/mol. The van der Waals surface area contributed by atoms with Gasteiger partial charge < -0.3 is 10.1 Å². The highest BCUT2D eigenvalue weighted by molar-refractivity contribution is 7.99. The lowest BCUT2D eigenvalue weighted by molar-refractivity contribution is -0.704. The number of anilines is 1. The predicted molar refractivity (Wildman–Crippen MR) is 103 cm³/mol. The summed E-state index contributed by atoms with van der Waals surface area (Å²) in [5.74, 6) is 0.914. The van der Waals surface area contributed by atoms with Crippen molar-refractivity contribution in [2.75, 3.05) is 18.2 Å². The molecule has 7 nitrogen and oxygen atoms in total. The number of nitrogens with one attached hydrogen (secondary N) is 2. The minimum absolute atomic E-state index is 0.188. The van der Waals surface area contributed by atoms with Crippen LogP contribution >= 0.6 is 23.4 Å². The fourth-order valence-electron chi connectivity index (χ4n) is 2.30. The first-order valence-corrected chi connectivity index (χ1v) is 9.40. The molecule has 0 bridgehead atoms. The highest BCUT2D eigenvalue weighted by Gasteiger charge is 2.24. The van der Waals surface area contributed by atoms with Crippen molar-refractivity contribution in [3.05, 3.63) is 64.0 Å². The molecule has 27 heavy (non-hydrogen) atoms. The Bertz CT molecular complexity index is 985. The molecule has 0 fully saturated rings. The second-order valence-corrected chi connectivity index (χ2v) is 6.94. The van der Waals surface area contributed by atoms with Crippen LogP contribution in [0.3, 0.4) is 0 Å². The second kappa shape index (κ2) is 8.79. The van der Waals surface area contributed by atoms with Crippen LogP contribution in [-0.2, 0) is 4.79 Å². The number of nitrogens with zero attached hydrogens (tertiary/aromatic N) is 1. The summed E-state index contributed by atoms with van der Waals surface area (Å²) in [6, 6.07) is 14.1. The molecule has 0 aliphatic carbocycles. The van der Waals surface area contributed by atoms with Gasteiger partial charge in [-0.05, 0) is 46.0 Å². The van der Waals surface area contributed by atoms with Gasteiger partial charge in [0.15, 0.2) is 0 Å². The first kappa shape index (κ1) is 19.1. The maximum Gasteiger partial charge on any atom is 0.442 e. The van der Waals surface area contributed by atoms with Crippen molar-refractivity contribution in [3.63, 3.8) is 0 Å². The Morgan fingerprint density at radius 2 is 2.00 bits per heavy atom. The summed E-state index contributed by atoms with van der Waals surface area (Å²) in [5.41, 5.74) is 0.774. The first-order chi connectivity index (χ1) is 13.1. The number of halogens is 1. The first-order valence-electron chi connectivity index (χ1n) is 8.03. The van der Waals surface area contributed by atoms with Crippen LogP contribution < -0.4 is 20.4 Å². The quantitative estimate of drug-likeness (QED) is 0.465. The number of methoxy groups -OCH3 is 1. The van der Waals surface area contributed by atoms with Crippen LogP contribution in [0.2, 0.25) is 5.02 Å². The van der Waals surface area contributed by atoms with Gasteiger partial charge in [-0.1, -0.05) is 23.7 Å². The number of carbonyl (C=O) groups is 1. The van der Waals surface area contributed by atoms with Crippen LogP contribution in [0.4, 0.5) is 5.69 Å². The van der Waals surface area contributed by atoms with Crippen molar-refractivity contribution < 1.29 is 18.7 Å². The second-order valence-electron chi connectivity index (χ2n) is 5.45. The van der Waals surface area contributed by atoms with E-state index in [4.69, 9.17) is 20.9 Å². The highest BCUT2D eigenvalue weighted by atomic mass is 35.5. The molecule has 2 N–H and O–H groups in total. The molecule has 1 heterocycles. The van der Waals surface area contributed by atoms with Gasteiger partial charge in [-0.25, -0.2) is 4.79 Å². The third-order valence-corrected chi connectivity index (χ3v) is 5.01. The van der Waals surface area contributed by atoms with Crippen LogP contribution in [0.15, 0.2) is 62.9 Å². The standard InChI is InChI=1S/C18H16ClN3O4S/c1-25-13-8-6-12(7-9-13)22-17(18(24)26-21-22)27-11-10-16(23)20-15-5-3-2-4-14(15)19/h2-9H,10-11H2,1H3,(H-,20,21,23,24)/p+1. The molecular weight excluding hydrogens is 390 g/mol. The number of aromatic amines is 1. The Morgan fingerprint density at radius 1 is 1.26 bits per heavy atom. The van der Waals surface area contributed by atoms with Gasteiger partial charge in [0.2, 0.25) is 11.6 Å². The highest BCUT2D eigenvalue weighted by Crippen LogP contribution is 2.21. The molecular formula is C18H17ClN3O4S+. The largest absolute Gasteiger partial charge is 0.497 e. The third-order valence-electron chi connectivity index (χ3n) is 3.65. The van der Waals surface area contributed by atoms with Crippen LogP contribution in [0.25, 0.3) is 5.69 Å². The molecule has 0 saturated heterocycles. The van der Waals surface area contributed by atoms with Crippen LogP contribution in [0.5, 0.6) is 5.75 Å². The van der Waals surface area contributed by atoms with Gasteiger partial charge in [-0.2, -0.15) is 0 Å². The van der Waals surface area contributed by atoms with E-state index in [9.17, 15) is 9.59 Å². The SMILES string of the molecule is COc1ccc(-[n+]2[nH]oc(=O)c2SCCC(=O)Nc2ccccc2Cl)cc1. The third kappa shape index (κ3) is 4.72. The van der Waals surface area contributed by atoms with Crippen LogP contribution in [0, 0.1) is 0 Å². The van der Waals surface area contributed by atoms with Crippen LogP contribution in [-0.4, -0.2) is 24.0 Å². The molecule has 0 aliphatic heterocycles. The fraction of sp³-hybridized carbons (Fsp3) is 0.167. The molecule has 2 aromatic carbocycles. The number of rotatable bonds is 7. The topological polar surface area (TPSA) is 88.2 Å². The zero-order valence-electron chi connectivity index (χ0n) is 14.4. The van der Waals surface area contributed by atoms with Crippen molar-refractivity contribution in [3.8, 4) is 11.4 Å². The molecule has 0 atom stereocenters. The number of hydrogen-bond acceptors (Lipinski definition) is 5. The number of H-pyrrole nitrogens is 1. The van der Waals surface area contributed by atoms with Gasteiger partial charge in [-0.15, -0.1) is 0 Å². The molecule has 1 aromatic heterocycles. The van der Waals surface area contributed by atoms with Crippen molar-refractivity contribution in [1.29, 1.82) is 0 Å². The number of ether oxygens (including phenoxy) is 1. The normalized spacial score (nSPS) is 10.6. The Morgan fingerprint density at radius 3 is 2.70 bits per heavy atom. The van der Waals surface area contributed by atoms with Crippen molar-refractivity contribution >= 4 is 35.0 Å². The number of aromatic nitrogens is 2. The van der Waals surface area contributed by atoms with Crippen molar-refractivity contribution in [2.24, 2.45) is 0 Å². The average Bonchev–Trinajstić information content (AvgIpc) is 3.04. The molecule has 3 aromatic rings. The van der Waals surface area contributed by atoms with Gasteiger partial charge in [0.1, 0.15) is 5.75 Å². The van der Waals surface area contributed by atoms with Gasteiger partial charge in [0.05, 0.1) is 17.8 Å². The number of amides is 1. The fourth-order valence-corrected chi connectivity index (χ4v) is 3.40. The molecule has 0 spiro atoms. The van der Waals surface area contributed by atoms with Crippen molar-refractivity contribution in [1.82, 2.24) is 5.27 Å². The average molecular weight is 407 g/mol. The van der Waals surface area contributed by atoms with Crippen molar-refractivity contribution in [2.45, 2.75) is 11.4 Å². The number of hydrogen-bond donors (Lipinski definition) is 2. The number of para-hydroxylation sites is 1. The summed E-state index contributed by atoms with van der Waals surface area (Å²) in [4.78, 5) is 24.1. The summed E-state index contributed by atoms with van der Waals surface area (Å²) in [6.07, 6.45) is 0.211. The molecule has 3 rings (SSSR count). The Hall–Kier alpha value is -2.71. The molecule has 9 heteroatoms. The summed E-state index contributed by atoms with van der Waals surface area (Å²) >= 11 is 7.25.